The number of nitrogens with zero attached hydrogens (tertiary/aromatic N) is 10. The highest BCUT2D eigenvalue weighted by Gasteiger charge is 2.26. The zero-order valence-corrected chi connectivity index (χ0v) is 73.1. The topological polar surface area (TPSA) is 181 Å². The van der Waals surface area contributed by atoms with Crippen LogP contribution < -0.4 is 0 Å². The van der Waals surface area contributed by atoms with Gasteiger partial charge in [-0.3, -0.25) is 19.9 Å². The molecule has 0 aliphatic carbocycles. The molecule has 25 rings (SSSR count). The molecule has 0 atom stereocenters. The van der Waals surface area contributed by atoms with Gasteiger partial charge in [-0.25, -0.2) is 29.9 Å². The maximum Gasteiger partial charge on any atom is 0.227 e. The predicted molar refractivity (Wildman–Crippen MR) is 539 cm³/mol. The predicted octanol–water partition coefficient (Wildman–Crippen LogP) is 31.1. The molecule has 0 saturated carbocycles. The van der Waals surface area contributed by atoms with E-state index < -0.39 is 0 Å². The minimum atomic E-state index is 0.602. The Balaban J connectivity index is 0.680. The van der Waals surface area contributed by atoms with Crippen molar-refractivity contribution in [1.29, 1.82) is 0 Å². The first-order chi connectivity index (χ1) is 66.0. The fourth-order valence-electron chi connectivity index (χ4n) is 19.4. The lowest BCUT2D eigenvalue weighted by atomic mass is 9.83. The molecule has 13 aromatic heterocycles. The second kappa shape index (κ2) is 32.1. The van der Waals surface area contributed by atoms with E-state index in [0.717, 1.165) is 261 Å². The van der Waals surface area contributed by atoms with Crippen molar-refractivity contribution in [3.05, 3.63) is 412 Å². The molecule has 0 bridgehead atoms. The number of para-hydroxylation sites is 4. The normalized spacial score (nSPS) is 11.7. The van der Waals surface area contributed by atoms with Gasteiger partial charge in [-0.05, 0) is 250 Å². The molecule has 630 valence electrons. The highest BCUT2D eigenvalue weighted by atomic mass is 16.4. The van der Waals surface area contributed by atoms with Gasteiger partial charge in [0, 0.05) is 164 Å². The van der Waals surface area contributed by atoms with Gasteiger partial charge >= 0.3 is 0 Å². The Morgan fingerprint density at radius 1 is 0.164 bits per heavy atom. The molecule has 0 aliphatic heterocycles. The monoisotopic (exact) mass is 1720 g/mol. The number of hydrogen-bond acceptors (Lipinski definition) is 14. The molecular weight excluding hydrogens is 1650 g/mol. The molecule has 0 aliphatic rings. The molecule has 0 amide bonds. The molecule has 0 spiro atoms. The van der Waals surface area contributed by atoms with E-state index in [9.17, 15) is 0 Å². The molecule has 0 radical (unpaired) electrons. The number of pyridine rings is 8. The number of rotatable bonds is 16. The van der Waals surface area contributed by atoms with Crippen molar-refractivity contribution in [2.24, 2.45) is 0 Å². The number of aryl methyl sites for hydroxylation is 4. The smallest absolute Gasteiger partial charge is 0.227 e. The molecule has 0 saturated heterocycles. The second-order valence-corrected chi connectivity index (χ2v) is 34.3. The maximum absolute atomic E-state index is 6.55. The first-order valence-corrected chi connectivity index (χ1v) is 44.7. The zero-order chi connectivity index (χ0) is 89.2. The van der Waals surface area contributed by atoms with E-state index in [-0.39, 0.29) is 0 Å². The molecule has 14 heteroatoms. The first kappa shape index (κ1) is 78.4. The summed E-state index contributed by atoms with van der Waals surface area (Å²) < 4.78 is 26.2. The largest absolute Gasteiger partial charge is 0.437 e. The van der Waals surface area contributed by atoms with Gasteiger partial charge in [0.25, 0.3) is 0 Å². The Morgan fingerprint density at radius 3 is 0.664 bits per heavy atom. The number of fused-ring (bicyclic) bond motifs is 12. The Morgan fingerprint density at radius 2 is 0.396 bits per heavy atom. The summed E-state index contributed by atoms with van der Waals surface area (Å²) in [5, 5.41) is 7.81. The third-order valence-electron chi connectivity index (χ3n) is 25.9. The minimum absolute atomic E-state index is 0.602. The van der Waals surface area contributed by atoms with Gasteiger partial charge in [-0.1, -0.05) is 218 Å². The third kappa shape index (κ3) is 13.7. The lowest BCUT2D eigenvalue weighted by Crippen LogP contribution is -1.97. The van der Waals surface area contributed by atoms with Crippen LogP contribution in [0, 0.1) is 27.7 Å². The molecule has 13 heterocycles. The molecule has 0 fully saturated rings. The number of furan rings is 4. The number of benzene rings is 12. The Bertz CT molecular complexity index is 8100. The van der Waals surface area contributed by atoms with Crippen LogP contribution in [0.3, 0.4) is 0 Å². The van der Waals surface area contributed by atoms with E-state index >= 15 is 0 Å². The van der Waals surface area contributed by atoms with Gasteiger partial charge in [0.05, 0.1) is 22.8 Å². The number of aromatic nitrogens is 10. The summed E-state index contributed by atoms with van der Waals surface area (Å²) in [6, 6.07) is 124. The Hall–Kier alpha value is -17.9. The summed E-state index contributed by atoms with van der Waals surface area (Å²) in [7, 11) is 0. The van der Waals surface area contributed by atoms with E-state index in [1.165, 1.54) is 0 Å². The van der Waals surface area contributed by atoms with Crippen molar-refractivity contribution in [3.63, 3.8) is 0 Å². The average Bonchev–Trinajstić information content (AvgIpc) is 0.948. The quantitative estimate of drug-likeness (QED) is 0.0891. The first-order valence-electron chi connectivity index (χ1n) is 44.7. The van der Waals surface area contributed by atoms with Crippen LogP contribution >= 0.6 is 0 Å². The fraction of sp³-hybridized carbons (Fsp3) is 0.0333. The van der Waals surface area contributed by atoms with Crippen LogP contribution in [0.15, 0.2) is 407 Å². The molecule has 134 heavy (non-hydrogen) atoms. The number of hydrogen-bond donors (Lipinski definition) is 0. The van der Waals surface area contributed by atoms with Gasteiger partial charge in [0.2, 0.25) is 22.9 Å². The van der Waals surface area contributed by atoms with Crippen molar-refractivity contribution < 1.29 is 17.7 Å². The van der Waals surface area contributed by atoms with Crippen LogP contribution in [0.25, 0.3) is 267 Å². The van der Waals surface area contributed by atoms with Crippen molar-refractivity contribution in [3.8, 4) is 179 Å². The summed E-state index contributed by atoms with van der Waals surface area (Å²) in [6.45, 7) is 7.92. The zero-order valence-electron chi connectivity index (χ0n) is 73.1. The molecule has 14 nitrogen and oxygen atoms in total. The molecule has 0 unspecified atom stereocenters. The van der Waals surface area contributed by atoms with Crippen molar-refractivity contribution in [2.45, 2.75) is 27.7 Å². The highest BCUT2D eigenvalue weighted by molar-refractivity contribution is 6.13. The third-order valence-corrected chi connectivity index (χ3v) is 25.9. The molecule has 12 aromatic carbocycles. The van der Waals surface area contributed by atoms with Crippen LogP contribution in [-0.2, 0) is 0 Å². The van der Waals surface area contributed by atoms with Gasteiger partial charge < -0.3 is 17.7 Å². The van der Waals surface area contributed by atoms with E-state index in [2.05, 4.69) is 309 Å². The molecular formula is C120H76N10O4. The van der Waals surface area contributed by atoms with Crippen molar-refractivity contribution in [1.82, 2.24) is 49.8 Å². The van der Waals surface area contributed by atoms with E-state index in [0.29, 0.717) is 28.7 Å². The fourth-order valence-corrected chi connectivity index (χ4v) is 19.4. The summed E-state index contributed by atoms with van der Waals surface area (Å²) >= 11 is 0. The SMILES string of the molecule is Cc1ccc2c(n1)oc1c(-c3ccc(-c4ccccc4-c4cc(-c5ccccc5-c5ccc(-c6cccc7c6oc6nc(C)ccc67)nc5)cc(-c5cccc(-c6cc(-c7ccccc7-c7ccc(-c8cccc9c8oc8nc(C)ccc89)nc7)cc(-c7ccccc7-c7ccc(-c8cccc9c8oc8nc(C)ccc89)nc7)c6)c5-c5cnc(-c6ccccc6)nc5)c4)cn3)cccc12. The Kier molecular flexibility index (Phi) is 18.8. The highest BCUT2D eigenvalue weighted by Crippen LogP contribution is 2.50. The van der Waals surface area contributed by atoms with Gasteiger partial charge in [0.1, 0.15) is 22.3 Å². The average molecular weight is 1720 g/mol. The molecule has 25 aromatic rings. The lowest BCUT2D eigenvalue weighted by Gasteiger charge is -2.21. The van der Waals surface area contributed by atoms with Crippen LogP contribution in [0.1, 0.15) is 22.8 Å². The maximum atomic E-state index is 6.55. The molecule has 0 N–H and O–H groups in total. The van der Waals surface area contributed by atoms with E-state index in [1.54, 1.807) is 0 Å². The summed E-state index contributed by atoms with van der Waals surface area (Å²) in [5.74, 6) is 0.606. The van der Waals surface area contributed by atoms with Crippen LogP contribution in [0.4, 0.5) is 0 Å². The van der Waals surface area contributed by atoms with E-state index in [1.807, 2.05) is 107 Å². The van der Waals surface area contributed by atoms with E-state index in [4.69, 9.17) is 67.5 Å². The summed E-state index contributed by atoms with van der Waals surface area (Å²) in [4.78, 5) is 50.7. The van der Waals surface area contributed by atoms with Crippen LogP contribution in [-0.4, -0.2) is 49.8 Å². The summed E-state index contributed by atoms with van der Waals surface area (Å²) in [5.41, 5.74) is 37.7. The minimum Gasteiger partial charge on any atom is -0.437 e. The van der Waals surface area contributed by atoms with Crippen LogP contribution in [0.5, 0.6) is 0 Å². The lowest BCUT2D eigenvalue weighted by molar-refractivity contribution is 0.653. The standard InChI is InChI=1S/C120H76N10O4/c1-69-41-49-99-95-33-17-37-103(112(95)131-117(99)127-69)107-53-45-74(63-121-107)85-23-8-12-27-89(85)78-57-79(90-28-13-9-24-86(90)75-46-54-108(122-64-75)104-38-18-34-96-100-50-42-70(2)128-118(100)132-113(96)104)60-82(59-78)93-31-16-32-94(111(93)84-67-125-116(126-68-84)73-21-6-5-7-22-73)83-61-80(91-29-14-10-25-87(91)76-47-55-109(123-65-76)105-39-19-35-97-101-51-43-71(3)129-119(101)133-114(97)105)58-81(62-83)92-30-15-11-26-88(92)77-48-56-110(124-66-77)106-40-20-36-98-102-52-44-72(4)130-120(102)134-115(98)106/h5-68H,1-4H3. The van der Waals surface area contributed by atoms with Gasteiger partial charge in [-0.2, -0.15) is 0 Å². The van der Waals surface area contributed by atoms with Crippen LogP contribution in [0.2, 0.25) is 0 Å². The second-order valence-electron chi connectivity index (χ2n) is 34.3. The van der Waals surface area contributed by atoms with Gasteiger partial charge in [0.15, 0.2) is 5.82 Å². The summed E-state index contributed by atoms with van der Waals surface area (Å²) in [6.07, 6.45) is 11.9. The van der Waals surface area contributed by atoms with Crippen molar-refractivity contribution >= 4 is 88.3 Å². The Labute approximate surface area is 769 Å². The van der Waals surface area contributed by atoms with Gasteiger partial charge in [-0.15, -0.1) is 0 Å². The van der Waals surface area contributed by atoms with Crippen molar-refractivity contribution in [2.75, 3.05) is 0 Å².